The summed E-state index contributed by atoms with van der Waals surface area (Å²) < 4.78 is 2.18. The number of aromatic nitrogens is 2. The van der Waals surface area contributed by atoms with Crippen molar-refractivity contribution in [1.82, 2.24) is 14.5 Å². The number of amides is 1. The van der Waals surface area contributed by atoms with Gasteiger partial charge in [0.15, 0.2) is 5.16 Å². The molecule has 1 aromatic heterocycles. The number of carbonyl (C=O) groups is 1. The van der Waals surface area contributed by atoms with Gasteiger partial charge in [-0.2, -0.15) is 0 Å². The van der Waals surface area contributed by atoms with Gasteiger partial charge in [0.05, 0.1) is 16.8 Å². The number of carbonyl (C=O) groups excluding carboxylic acids is 1. The van der Waals surface area contributed by atoms with Gasteiger partial charge in [0, 0.05) is 38.4 Å². The molecule has 1 amide bonds. The zero-order chi connectivity index (χ0) is 19.5. The molecule has 1 saturated heterocycles. The molecule has 0 unspecified atom stereocenters. The molecular weight excluding hydrogens is 368 g/mol. The molecule has 0 saturated carbocycles. The van der Waals surface area contributed by atoms with Crippen LogP contribution >= 0.6 is 11.8 Å². The van der Waals surface area contributed by atoms with Crippen LogP contribution in [0.2, 0.25) is 0 Å². The monoisotopic (exact) mass is 394 g/mol. The Morgan fingerprint density at radius 2 is 1.86 bits per heavy atom. The van der Waals surface area contributed by atoms with Gasteiger partial charge < -0.3 is 14.4 Å². The van der Waals surface area contributed by atoms with Crippen molar-refractivity contribution in [3.63, 3.8) is 0 Å². The highest BCUT2D eigenvalue weighted by atomic mass is 32.2. The highest BCUT2D eigenvalue weighted by Crippen LogP contribution is 2.24. The normalized spacial score (nSPS) is 14.6. The van der Waals surface area contributed by atoms with Gasteiger partial charge in [0.25, 0.3) is 0 Å². The molecule has 146 valence electrons. The fraction of sp³-hybridized carbons (Fsp3) is 0.364. The maximum Gasteiger partial charge on any atom is 0.233 e. The molecule has 1 fully saturated rings. The molecule has 6 heteroatoms. The van der Waals surface area contributed by atoms with Crippen LogP contribution in [0.15, 0.2) is 53.7 Å². The van der Waals surface area contributed by atoms with Crippen molar-refractivity contribution < 1.29 is 4.79 Å². The maximum atomic E-state index is 12.7. The van der Waals surface area contributed by atoms with E-state index in [9.17, 15) is 4.79 Å². The number of anilines is 1. The molecule has 28 heavy (non-hydrogen) atoms. The molecule has 1 aliphatic rings. The summed E-state index contributed by atoms with van der Waals surface area (Å²) in [6, 6.07) is 16.7. The number of imidazole rings is 1. The molecule has 0 atom stereocenters. The van der Waals surface area contributed by atoms with Gasteiger partial charge in [-0.3, -0.25) is 4.79 Å². The maximum absolute atomic E-state index is 12.7. The van der Waals surface area contributed by atoms with E-state index < -0.39 is 0 Å². The van der Waals surface area contributed by atoms with E-state index in [1.807, 2.05) is 23.1 Å². The lowest BCUT2D eigenvalue weighted by Gasteiger charge is -2.36. The third kappa shape index (κ3) is 3.87. The fourth-order valence-corrected chi connectivity index (χ4v) is 4.71. The number of rotatable bonds is 5. The van der Waals surface area contributed by atoms with Crippen LogP contribution in [0, 0.1) is 6.92 Å². The fourth-order valence-electron chi connectivity index (χ4n) is 3.73. The average Bonchev–Trinajstić information content (AvgIpc) is 3.09. The minimum atomic E-state index is 0.198. The number of aryl methyl sites for hydroxylation is 2. The van der Waals surface area contributed by atoms with Gasteiger partial charge in [-0.1, -0.05) is 36.0 Å². The quantitative estimate of drug-likeness (QED) is 0.617. The van der Waals surface area contributed by atoms with Crippen molar-refractivity contribution in [1.29, 1.82) is 0 Å². The van der Waals surface area contributed by atoms with E-state index in [0.29, 0.717) is 5.75 Å². The molecule has 0 N–H and O–H groups in total. The van der Waals surface area contributed by atoms with E-state index >= 15 is 0 Å². The lowest BCUT2D eigenvalue weighted by molar-refractivity contribution is -0.128. The Balaban J connectivity index is 1.35. The Labute approximate surface area is 170 Å². The molecule has 0 radical (unpaired) electrons. The van der Waals surface area contributed by atoms with Gasteiger partial charge in [0.2, 0.25) is 5.91 Å². The lowest BCUT2D eigenvalue weighted by Crippen LogP contribution is -2.49. The van der Waals surface area contributed by atoms with Gasteiger partial charge in [-0.15, -0.1) is 0 Å². The summed E-state index contributed by atoms with van der Waals surface area (Å²) in [7, 11) is 0. The van der Waals surface area contributed by atoms with E-state index in [-0.39, 0.29) is 5.91 Å². The van der Waals surface area contributed by atoms with Crippen LogP contribution in [0.25, 0.3) is 11.0 Å². The van der Waals surface area contributed by atoms with Crippen molar-refractivity contribution in [2.24, 2.45) is 0 Å². The molecule has 0 spiro atoms. The van der Waals surface area contributed by atoms with Crippen molar-refractivity contribution in [3.8, 4) is 0 Å². The van der Waals surface area contributed by atoms with Gasteiger partial charge in [0.1, 0.15) is 0 Å². The number of hydrogen-bond donors (Lipinski definition) is 0. The molecule has 5 nitrogen and oxygen atoms in total. The Kier molecular flexibility index (Phi) is 5.57. The molecule has 0 bridgehead atoms. The Morgan fingerprint density at radius 1 is 1.07 bits per heavy atom. The number of thioether (sulfide) groups is 1. The second kappa shape index (κ2) is 8.27. The summed E-state index contributed by atoms with van der Waals surface area (Å²) in [4.78, 5) is 21.8. The van der Waals surface area contributed by atoms with Crippen LogP contribution in [-0.2, 0) is 11.3 Å². The second-order valence-electron chi connectivity index (χ2n) is 7.12. The third-order valence-electron chi connectivity index (χ3n) is 5.26. The largest absolute Gasteiger partial charge is 0.368 e. The van der Waals surface area contributed by atoms with E-state index in [4.69, 9.17) is 4.98 Å². The van der Waals surface area contributed by atoms with Crippen LogP contribution < -0.4 is 4.90 Å². The van der Waals surface area contributed by atoms with E-state index in [2.05, 4.69) is 53.6 Å². The molecule has 1 aliphatic heterocycles. The zero-order valence-corrected chi connectivity index (χ0v) is 17.3. The standard InChI is InChI=1S/C22H26N4OS/c1-3-26-20-10-5-4-9-19(20)23-22(26)28-16-21(27)25-13-11-24(12-14-25)18-8-6-7-17(2)15-18/h4-10,15H,3,11-14,16H2,1-2H3. The first-order valence-corrected chi connectivity index (χ1v) is 10.8. The number of nitrogens with zero attached hydrogens (tertiary/aromatic N) is 4. The van der Waals surface area contributed by atoms with Crippen LogP contribution in [-0.4, -0.2) is 52.3 Å². The predicted molar refractivity (Wildman–Crippen MR) is 116 cm³/mol. The molecular formula is C22H26N4OS. The molecule has 2 aromatic carbocycles. The van der Waals surface area contributed by atoms with E-state index in [1.54, 1.807) is 11.8 Å². The second-order valence-corrected chi connectivity index (χ2v) is 8.07. The molecule has 4 rings (SSSR count). The van der Waals surface area contributed by atoms with Crippen LogP contribution in [0.3, 0.4) is 0 Å². The van der Waals surface area contributed by atoms with Crippen LogP contribution in [0.4, 0.5) is 5.69 Å². The first-order chi connectivity index (χ1) is 13.7. The van der Waals surface area contributed by atoms with Gasteiger partial charge in [-0.05, 0) is 43.7 Å². The molecule has 0 aliphatic carbocycles. The first kappa shape index (κ1) is 18.9. The average molecular weight is 395 g/mol. The molecule has 3 aromatic rings. The zero-order valence-electron chi connectivity index (χ0n) is 16.5. The van der Waals surface area contributed by atoms with Crippen molar-refractivity contribution in [3.05, 3.63) is 54.1 Å². The molecule has 2 heterocycles. The van der Waals surface area contributed by atoms with Crippen molar-refractivity contribution in [2.45, 2.75) is 25.5 Å². The van der Waals surface area contributed by atoms with Crippen molar-refractivity contribution in [2.75, 3.05) is 36.8 Å². The minimum absolute atomic E-state index is 0.198. The number of benzene rings is 2. The number of hydrogen-bond acceptors (Lipinski definition) is 4. The summed E-state index contributed by atoms with van der Waals surface area (Å²) in [6.07, 6.45) is 0. The highest BCUT2D eigenvalue weighted by Gasteiger charge is 2.22. The van der Waals surface area contributed by atoms with Crippen LogP contribution in [0.1, 0.15) is 12.5 Å². The minimum Gasteiger partial charge on any atom is -0.368 e. The smallest absolute Gasteiger partial charge is 0.233 e. The van der Waals surface area contributed by atoms with E-state index in [1.165, 1.54) is 11.3 Å². The Hall–Kier alpha value is -2.47. The first-order valence-electron chi connectivity index (χ1n) is 9.83. The van der Waals surface area contributed by atoms with Gasteiger partial charge >= 0.3 is 0 Å². The number of para-hydroxylation sites is 2. The predicted octanol–water partition coefficient (Wildman–Crippen LogP) is 3.81. The summed E-state index contributed by atoms with van der Waals surface area (Å²) in [6.45, 7) is 8.40. The SMILES string of the molecule is CCn1c(SCC(=O)N2CCN(c3cccc(C)c3)CC2)nc2ccccc21. The summed E-state index contributed by atoms with van der Waals surface area (Å²) >= 11 is 1.55. The van der Waals surface area contributed by atoms with Crippen molar-refractivity contribution >= 4 is 34.4 Å². The summed E-state index contributed by atoms with van der Waals surface area (Å²) in [5.74, 6) is 0.636. The topological polar surface area (TPSA) is 41.4 Å². The Bertz CT molecular complexity index is 976. The summed E-state index contributed by atoms with van der Waals surface area (Å²) in [5.41, 5.74) is 4.64. The summed E-state index contributed by atoms with van der Waals surface area (Å²) in [5, 5.41) is 0.926. The third-order valence-corrected chi connectivity index (χ3v) is 6.22. The highest BCUT2D eigenvalue weighted by molar-refractivity contribution is 7.99. The lowest BCUT2D eigenvalue weighted by atomic mass is 10.2. The number of piperazine rings is 1. The van der Waals surface area contributed by atoms with Crippen LogP contribution in [0.5, 0.6) is 0 Å². The number of fused-ring (bicyclic) bond motifs is 1. The van der Waals surface area contributed by atoms with Gasteiger partial charge in [-0.25, -0.2) is 4.98 Å². The van der Waals surface area contributed by atoms with E-state index in [0.717, 1.165) is 48.9 Å². The Morgan fingerprint density at radius 3 is 2.61 bits per heavy atom.